The third kappa shape index (κ3) is 3.51. The van der Waals surface area contributed by atoms with Gasteiger partial charge in [-0.1, -0.05) is 13.8 Å². The zero-order valence-corrected chi connectivity index (χ0v) is 19.3. The lowest BCUT2D eigenvalue weighted by Crippen LogP contribution is -2.57. The maximum atomic E-state index is 13.5. The number of amides is 2. The number of hydrogen-bond acceptors (Lipinski definition) is 5. The van der Waals surface area contributed by atoms with Crippen LogP contribution in [-0.2, 0) is 33.3 Å². The second kappa shape index (κ2) is 7.82. The van der Waals surface area contributed by atoms with Crippen LogP contribution in [0.25, 0.3) is 5.69 Å². The Labute approximate surface area is 199 Å². The van der Waals surface area contributed by atoms with Crippen LogP contribution in [0, 0.1) is 11.3 Å². The number of carbonyl (C=O) groups is 3. The molecule has 2 amide bonds. The highest BCUT2D eigenvalue weighted by Crippen LogP contribution is 2.58. The highest BCUT2D eigenvalue weighted by molar-refractivity contribution is 5.98. The van der Waals surface area contributed by atoms with Gasteiger partial charge in [-0.15, -0.1) is 0 Å². The number of hydrazine groups is 1. The molecule has 3 aliphatic rings. The van der Waals surface area contributed by atoms with Crippen molar-refractivity contribution in [1.29, 1.82) is 0 Å². The average molecular weight is 490 g/mol. The van der Waals surface area contributed by atoms with Crippen LogP contribution in [0.3, 0.4) is 0 Å². The molecule has 0 radical (unpaired) electrons. The Hall–Kier alpha value is -3.37. The van der Waals surface area contributed by atoms with Crippen LogP contribution >= 0.6 is 0 Å². The number of halogens is 3. The van der Waals surface area contributed by atoms with Gasteiger partial charge in [0.1, 0.15) is 0 Å². The standard InChI is InChI=1S/C24H25F3N4O4/c1-22(2)16-11-12-23(22,35-20(16)33)21(34)29-28-19(32)13-7-9-14(10-8-13)31-17-6-4-3-5-15(17)18(30-31)24(25,26)27/h7-10,16H,3-6,11-12H2,1-2H3,(H,28,32)(H,29,34). The average Bonchev–Trinajstić information content (AvgIpc) is 3.40. The van der Waals surface area contributed by atoms with E-state index >= 15 is 0 Å². The highest BCUT2D eigenvalue weighted by atomic mass is 19.4. The Morgan fingerprint density at radius 2 is 1.80 bits per heavy atom. The van der Waals surface area contributed by atoms with E-state index in [0.717, 1.165) is 6.42 Å². The fraction of sp³-hybridized carbons (Fsp3) is 0.500. The van der Waals surface area contributed by atoms with Gasteiger partial charge in [0.25, 0.3) is 11.8 Å². The van der Waals surface area contributed by atoms with Gasteiger partial charge in [0, 0.05) is 22.2 Å². The third-order valence-corrected chi connectivity index (χ3v) is 7.74. The number of ether oxygens (including phenoxy) is 1. The van der Waals surface area contributed by atoms with Crippen LogP contribution in [0.4, 0.5) is 13.2 Å². The molecule has 2 unspecified atom stereocenters. The number of nitrogens with zero attached hydrogens (tertiary/aromatic N) is 2. The largest absolute Gasteiger partial charge is 0.448 e. The van der Waals surface area contributed by atoms with Crippen molar-refractivity contribution in [3.05, 3.63) is 46.8 Å². The Bertz CT molecular complexity index is 1220. The summed E-state index contributed by atoms with van der Waals surface area (Å²) in [5, 5.41) is 3.84. The monoisotopic (exact) mass is 490 g/mol. The van der Waals surface area contributed by atoms with E-state index in [9.17, 15) is 27.6 Å². The van der Waals surface area contributed by atoms with E-state index in [-0.39, 0.29) is 17.0 Å². The molecular formula is C24H25F3N4O4. The van der Waals surface area contributed by atoms with Gasteiger partial charge in [0.05, 0.1) is 11.6 Å². The number of carbonyl (C=O) groups excluding carboxylic acids is 3. The summed E-state index contributed by atoms with van der Waals surface area (Å²) in [6, 6.07) is 5.93. The summed E-state index contributed by atoms with van der Waals surface area (Å²) in [6.45, 7) is 3.60. The quantitative estimate of drug-likeness (QED) is 0.508. The molecule has 2 heterocycles. The van der Waals surface area contributed by atoms with Crippen LogP contribution in [0.1, 0.15) is 66.8 Å². The fourth-order valence-electron chi connectivity index (χ4n) is 5.68. The van der Waals surface area contributed by atoms with Gasteiger partial charge in [0.2, 0.25) is 0 Å². The Balaban J connectivity index is 1.30. The van der Waals surface area contributed by atoms with Crippen LogP contribution in [0.2, 0.25) is 0 Å². The normalized spacial score (nSPS) is 24.6. The van der Waals surface area contributed by atoms with Crippen molar-refractivity contribution in [3.63, 3.8) is 0 Å². The van der Waals surface area contributed by atoms with E-state index in [1.807, 2.05) is 0 Å². The number of aromatic nitrogens is 2. The Kier molecular flexibility index (Phi) is 5.22. The number of nitrogens with one attached hydrogen (secondary N) is 2. The first kappa shape index (κ1) is 23.4. The molecule has 1 saturated carbocycles. The first-order valence-corrected chi connectivity index (χ1v) is 11.6. The topological polar surface area (TPSA) is 102 Å². The molecule has 0 spiro atoms. The SMILES string of the molecule is CC1(C)C2CCC1(C(=O)NNC(=O)c1ccc(-n3nc(C(F)(F)F)c4c3CCCC4)cc1)OC2=O. The lowest BCUT2D eigenvalue weighted by molar-refractivity contribution is -0.167. The van der Waals surface area contributed by atoms with Gasteiger partial charge in [0.15, 0.2) is 11.3 Å². The van der Waals surface area contributed by atoms with E-state index in [2.05, 4.69) is 16.0 Å². The molecule has 2 aliphatic carbocycles. The second-order valence-corrected chi connectivity index (χ2v) is 9.91. The smallest absolute Gasteiger partial charge is 0.435 e. The molecule has 35 heavy (non-hydrogen) atoms. The van der Waals surface area contributed by atoms with Crippen molar-refractivity contribution in [2.75, 3.05) is 0 Å². The van der Waals surface area contributed by atoms with E-state index in [4.69, 9.17) is 4.74 Å². The maximum Gasteiger partial charge on any atom is 0.435 e. The molecule has 2 aromatic rings. The Morgan fingerprint density at radius 3 is 2.40 bits per heavy atom. The molecule has 8 nitrogen and oxygen atoms in total. The van der Waals surface area contributed by atoms with E-state index in [0.29, 0.717) is 43.5 Å². The second-order valence-electron chi connectivity index (χ2n) is 9.91. The summed E-state index contributed by atoms with van der Waals surface area (Å²) < 4.78 is 47.1. The van der Waals surface area contributed by atoms with Gasteiger partial charge in [-0.05, 0) is 62.8 Å². The zero-order valence-electron chi connectivity index (χ0n) is 19.3. The highest BCUT2D eigenvalue weighted by Gasteiger charge is 2.69. The number of esters is 1. The van der Waals surface area contributed by atoms with Crippen LogP contribution in [0.15, 0.2) is 24.3 Å². The molecule has 5 rings (SSSR count). The molecule has 1 saturated heterocycles. The van der Waals surface area contributed by atoms with Gasteiger partial charge < -0.3 is 4.74 Å². The van der Waals surface area contributed by atoms with Gasteiger partial charge in [-0.2, -0.15) is 18.3 Å². The van der Waals surface area contributed by atoms with Crippen molar-refractivity contribution < 1.29 is 32.3 Å². The van der Waals surface area contributed by atoms with Crippen molar-refractivity contribution in [1.82, 2.24) is 20.6 Å². The minimum atomic E-state index is -4.54. The molecule has 1 aromatic carbocycles. The molecule has 11 heteroatoms. The predicted molar refractivity (Wildman–Crippen MR) is 116 cm³/mol. The summed E-state index contributed by atoms with van der Waals surface area (Å²) in [6.07, 6.45) is -1.32. The number of fused-ring (bicyclic) bond motifs is 3. The maximum absolute atomic E-state index is 13.5. The van der Waals surface area contributed by atoms with Gasteiger partial charge in [-0.3, -0.25) is 25.2 Å². The molecule has 2 bridgehead atoms. The van der Waals surface area contributed by atoms with Gasteiger partial charge >= 0.3 is 12.1 Å². The third-order valence-electron chi connectivity index (χ3n) is 7.74. The Morgan fingerprint density at radius 1 is 1.11 bits per heavy atom. The van der Waals surface area contributed by atoms with Crippen LogP contribution in [-0.4, -0.2) is 33.2 Å². The summed E-state index contributed by atoms with van der Waals surface area (Å²) in [5.74, 6) is -1.98. The first-order valence-electron chi connectivity index (χ1n) is 11.6. The lowest BCUT2D eigenvalue weighted by Gasteiger charge is -2.33. The molecule has 186 valence electrons. The molecule has 2 fully saturated rings. The molecular weight excluding hydrogens is 465 g/mol. The number of benzene rings is 1. The van der Waals surface area contributed by atoms with Crippen LogP contribution < -0.4 is 10.9 Å². The molecule has 1 aromatic heterocycles. The summed E-state index contributed by atoms with van der Waals surface area (Å²) in [7, 11) is 0. The van der Waals surface area contributed by atoms with Crippen molar-refractivity contribution in [3.8, 4) is 5.69 Å². The molecule has 2 N–H and O–H groups in total. The summed E-state index contributed by atoms with van der Waals surface area (Å²) >= 11 is 0. The minimum absolute atomic E-state index is 0.190. The number of hydrogen-bond donors (Lipinski definition) is 2. The lowest BCUT2D eigenvalue weighted by atomic mass is 9.74. The number of rotatable bonds is 3. The van der Waals surface area contributed by atoms with Crippen molar-refractivity contribution in [2.24, 2.45) is 11.3 Å². The van der Waals surface area contributed by atoms with E-state index < -0.39 is 40.7 Å². The fourth-order valence-corrected chi connectivity index (χ4v) is 5.68. The van der Waals surface area contributed by atoms with Crippen molar-refractivity contribution >= 4 is 17.8 Å². The summed E-state index contributed by atoms with van der Waals surface area (Å²) in [5.41, 5.74) is 3.19. The summed E-state index contributed by atoms with van der Waals surface area (Å²) in [4.78, 5) is 37.5. The van der Waals surface area contributed by atoms with E-state index in [1.54, 1.807) is 13.8 Å². The number of alkyl halides is 3. The van der Waals surface area contributed by atoms with E-state index in [1.165, 1.54) is 28.9 Å². The zero-order chi connectivity index (χ0) is 25.2. The van der Waals surface area contributed by atoms with Crippen LogP contribution in [0.5, 0.6) is 0 Å². The first-order chi connectivity index (χ1) is 16.5. The van der Waals surface area contributed by atoms with Crippen molar-refractivity contribution in [2.45, 2.75) is 64.1 Å². The predicted octanol–water partition coefficient (Wildman–Crippen LogP) is 3.26. The molecule has 2 atom stereocenters. The minimum Gasteiger partial charge on any atom is -0.448 e. The van der Waals surface area contributed by atoms with Gasteiger partial charge in [-0.25, -0.2) is 4.68 Å². The molecule has 1 aliphatic heterocycles.